The highest BCUT2D eigenvalue weighted by Crippen LogP contribution is 2.18. The van der Waals surface area contributed by atoms with Gasteiger partial charge in [0.25, 0.3) is 0 Å². The van der Waals surface area contributed by atoms with Crippen LogP contribution in [0.25, 0.3) is 0 Å². The zero-order valence-electron chi connectivity index (χ0n) is 7.30. The summed E-state index contributed by atoms with van der Waals surface area (Å²) in [6.07, 6.45) is 0. The number of nitrogens with zero attached hydrogens (tertiary/aromatic N) is 1. The third kappa shape index (κ3) is 1.99. The smallest absolute Gasteiger partial charge is 0.500 e. The lowest BCUT2D eigenvalue weighted by atomic mass is 9.78. The van der Waals surface area contributed by atoms with Crippen molar-refractivity contribution < 1.29 is 17.7 Å². The number of hydrogen-bond donors (Lipinski definition) is 0. The van der Waals surface area contributed by atoms with E-state index < -0.39 is 12.4 Å². The average Bonchev–Trinajstić information content (AvgIpc) is 2.15. The Morgan fingerprint density at radius 2 is 2.00 bits per heavy atom. The molecule has 14 heavy (non-hydrogen) atoms. The minimum absolute atomic E-state index is 0.0278. The van der Waals surface area contributed by atoms with Gasteiger partial charge in [0, 0.05) is 5.56 Å². The van der Waals surface area contributed by atoms with Crippen molar-refractivity contribution in [3.8, 4) is 11.8 Å². The van der Waals surface area contributed by atoms with Gasteiger partial charge in [-0.05, 0) is 12.1 Å². The molecule has 0 saturated heterocycles. The third-order valence-electron chi connectivity index (χ3n) is 1.71. The fourth-order valence-electron chi connectivity index (χ4n) is 1.06. The van der Waals surface area contributed by atoms with Crippen molar-refractivity contribution in [1.82, 2.24) is 0 Å². The van der Waals surface area contributed by atoms with Gasteiger partial charge < -0.3 is 17.7 Å². The molecule has 6 heteroatoms. The number of methoxy groups -OCH3 is 1. The molecule has 74 valence electrons. The summed E-state index contributed by atoms with van der Waals surface area (Å²) in [6, 6.07) is 4.86. The van der Waals surface area contributed by atoms with Gasteiger partial charge in [0.15, 0.2) is 0 Å². The Hall–Kier alpha value is -1.64. The van der Waals surface area contributed by atoms with E-state index in [1.807, 2.05) is 0 Å². The quantitative estimate of drug-likeness (QED) is 0.679. The first-order chi connectivity index (χ1) is 6.49. The number of ether oxygens (including phenoxy) is 1. The molecule has 0 amide bonds. The van der Waals surface area contributed by atoms with E-state index in [0.29, 0.717) is 0 Å². The maximum absolute atomic E-state index is 12.4. The van der Waals surface area contributed by atoms with Crippen LogP contribution in [-0.4, -0.2) is 14.1 Å². The van der Waals surface area contributed by atoms with E-state index in [-0.39, 0.29) is 11.3 Å². The standard InChI is InChI=1S/C8H6BF3NO/c1-14-8-3-2-6(5-13)4-7(8)9(10,11)12/h2-4H,1H3/q-1. The lowest BCUT2D eigenvalue weighted by Crippen LogP contribution is -2.35. The summed E-state index contributed by atoms with van der Waals surface area (Å²) in [6.45, 7) is -5.14. The molecule has 1 rings (SSSR count). The van der Waals surface area contributed by atoms with Crippen molar-refractivity contribution >= 4 is 12.4 Å². The van der Waals surface area contributed by atoms with Gasteiger partial charge in [0.05, 0.1) is 18.9 Å². The molecule has 0 spiro atoms. The predicted molar refractivity (Wildman–Crippen MR) is 46.4 cm³/mol. The van der Waals surface area contributed by atoms with Crippen molar-refractivity contribution in [1.29, 1.82) is 5.26 Å². The molecule has 0 bridgehead atoms. The van der Waals surface area contributed by atoms with Crippen molar-refractivity contribution in [2.24, 2.45) is 0 Å². The zero-order valence-corrected chi connectivity index (χ0v) is 7.30. The van der Waals surface area contributed by atoms with Crippen molar-refractivity contribution in [2.45, 2.75) is 0 Å². The van der Waals surface area contributed by atoms with Gasteiger partial charge in [-0.1, -0.05) is 11.5 Å². The van der Waals surface area contributed by atoms with Crippen molar-refractivity contribution in [3.05, 3.63) is 23.8 Å². The van der Waals surface area contributed by atoms with E-state index in [0.717, 1.165) is 19.2 Å². The monoisotopic (exact) mass is 200 g/mol. The Balaban J connectivity index is 3.31. The first-order valence-corrected chi connectivity index (χ1v) is 3.77. The van der Waals surface area contributed by atoms with Crippen LogP contribution in [0.15, 0.2) is 18.2 Å². The van der Waals surface area contributed by atoms with Gasteiger partial charge >= 0.3 is 6.98 Å². The van der Waals surface area contributed by atoms with Crippen LogP contribution >= 0.6 is 0 Å². The second kappa shape index (κ2) is 3.62. The van der Waals surface area contributed by atoms with Gasteiger partial charge in [-0.15, -0.1) is 0 Å². The van der Waals surface area contributed by atoms with E-state index in [1.165, 1.54) is 6.07 Å². The largest absolute Gasteiger partial charge is 0.513 e. The summed E-state index contributed by atoms with van der Waals surface area (Å²) in [7, 11) is 1.16. The van der Waals surface area contributed by atoms with Crippen molar-refractivity contribution in [2.75, 3.05) is 7.11 Å². The van der Waals surface area contributed by atoms with Crippen LogP contribution in [0.3, 0.4) is 0 Å². The molecule has 2 nitrogen and oxygen atoms in total. The second-order valence-corrected chi connectivity index (χ2v) is 2.64. The Bertz CT molecular complexity index is 383. The molecule has 0 aromatic heterocycles. The van der Waals surface area contributed by atoms with Crippen LogP contribution in [0.4, 0.5) is 12.9 Å². The summed E-state index contributed by atoms with van der Waals surface area (Å²) in [5.74, 6) is -0.253. The SMILES string of the molecule is COc1ccc(C#N)cc1[B-](F)(F)F. The van der Waals surface area contributed by atoms with Gasteiger partial charge in [-0.2, -0.15) is 5.26 Å². The average molecular weight is 200 g/mol. The van der Waals surface area contributed by atoms with Gasteiger partial charge in [-0.25, -0.2) is 0 Å². The lowest BCUT2D eigenvalue weighted by Gasteiger charge is -2.18. The first kappa shape index (κ1) is 10.4. The van der Waals surface area contributed by atoms with Crippen LogP contribution in [0.1, 0.15) is 5.56 Å². The molecule has 0 saturated carbocycles. The Morgan fingerprint density at radius 1 is 1.36 bits per heavy atom. The molecule has 0 fully saturated rings. The maximum Gasteiger partial charge on any atom is 0.513 e. The predicted octanol–water partition coefficient (Wildman–Crippen LogP) is 1.62. The van der Waals surface area contributed by atoms with Crippen LogP contribution < -0.4 is 10.2 Å². The lowest BCUT2D eigenvalue weighted by molar-refractivity contribution is 0.412. The van der Waals surface area contributed by atoms with E-state index in [4.69, 9.17) is 5.26 Å². The molecular formula is C8H6BF3NO-. The molecule has 0 aliphatic rings. The highest BCUT2D eigenvalue weighted by atomic mass is 19.4. The highest BCUT2D eigenvalue weighted by molar-refractivity contribution is 6.74. The minimum atomic E-state index is -5.14. The Labute approximate surface area is 79.0 Å². The zero-order chi connectivity index (χ0) is 10.8. The number of benzene rings is 1. The first-order valence-electron chi connectivity index (χ1n) is 3.77. The molecular weight excluding hydrogens is 194 g/mol. The normalized spacial score (nSPS) is 10.8. The molecule has 1 aromatic carbocycles. The summed E-state index contributed by atoms with van der Waals surface area (Å²) in [5, 5.41) is 8.44. The summed E-state index contributed by atoms with van der Waals surface area (Å²) >= 11 is 0. The van der Waals surface area contributed by atoms with Gasteiger partial charge in [0.2, 0.25) is 0 Å². The number of halogens is 3. The molecule has 0 aliphatic carbocycles. The number of nitriles is 1. The van der Waals surface area contributed by atoms with Crippen LogP contribution in [0, 0.1) is 11.3 Å². The number of rotatable bonds is 2. The fraction of sp³-hybridized carbons (Fsp3) is 0.125. The van der Waals surface area contributed by atoms with Crippen LogP contribution in [0.2, 0.25) is 0 Å². The van der Waals surface area contributed by atoms with E-state index >= 15 is 0 Å². The van der Waals surface area contributed by atoms with Crippen LogP contribution in [0.5, 0.6) is 5.75 Å². The maximum atomic E-state index is 12.4. The summed E-state index contributed by atoms with van der Waals surface area (Å²) < 4.78 is 41.8. The molecule has 0 N–H and O–H groups in total. The molecule has 0 radical (unpaired) electrons. The number of hydrogen-bond acceptors (Lipinski definition) is 2. The fourth-order valence-corrected chi connectivity index (χ4v) is 1.06. The molecule has 0 heterocycles. The minimum Gasteiger partial charge on any atom is -0.500 e. The van der Waals surface area contributed by atoms with Crippen LogP contribution in [-0.2, 0) is 0 Å². The molecule has 0 aliphatic heterocycles. The molecule has 0 atom stereocenters. The van der Waals surface area contributed by atoms with E-state index in [1.54, 1.807) is 6.07 Å². The highest BCUT2D eigenvalue weighted by Gasteiger charge is 2.29. The van der Waals surface area contributed by atoms with E-state index in [9.17, 15) is 12.9 Å². The Morgan fingerprint density at radius 3 is 2.43 bits per heavy atom. The third-order valence-corrected chi connectivity index (χ3v) is 1.71. The van der Waals surface area contributed by atoms with E-state index in [2.05, 4.69) is 4.74 Å². The van der Waals surface area contributed by atoms with Crippen molar-refractivity contribution in [3.63, 3.8) is 0 Å². The van der Waals surface area contributed by atoms with Gasteiger partial charge in [-0.3, -0.25) is 0 Å². The Kier molecular flexibility index (Phi) is 2.70. The second-order valence-electron chi connectivity index (χ2n) is 2.64. The summed E-state index contributed by atoms with van der Waals surface area (Å²) in [4.78, 5) is 0. The van der Waals surface area contributed by atoms with Gasteiger partial charge in [0.1, 0.15) is 0 Å². The molecule has 0 unspecified atom stereocenters. The summed E-state index contributed by atoms with van der Waals surface area (Å²) in [5.41, 5.74) is -0.897. The molecule has 1 aromatic rings. The topological polar surface area (TPSA) is 33.0 Å².